The minimum Gasteiger partial charge on any atom is -0.467 e. The first-order valence-electron chi connectivity index (χ1n) is 8.53. The Morgan fingerprint density at radius 3 is 2.33 bits per heavy atom. The van der Waals surface area contributed by atoms with Crippen molar-refractivity contribution in [2.24, 2.45) is 35.5 Å². The smallest absolute Gasteiger partial charge is 0.411 e. The molecule has 7 atom stereocenters. The largest absolute Gasteiger partial charge is 0.467 e. The molecule has 0 spiro atoms. The van der Waals surface area contributed by atoms with E-state index in [9.17, 15) is 18.4 Å². The molecule has 0 unspecified atom stereocenters. The fraction of sp³-hybridized carbons (Fsp3) is 0.882. The monoisotopic (exact) mass is 343 g/mol. The first-order valence-corrected chi connectivity index (χ1v) is 8.53. The molecule has 1 amide bonds. The number of fused-ring (bicyclic) bond motifs is 8. The molecule has 24 heavy (non-hydrogen) atoms. The van der Waals surface area contributed by atoms with Crippen molar-refractivity contribution in [3.63, 3.8) is 0 Å². The van der Waals surface area contributed by atoms with Crippen molar-refractivity contribution in [3.05, 3.63) is 0 Å². The number of carbonyl (C=O) groups is 2. The van der Waals surface area contributed by atoms with Crippen molar-refractivity contribution in [1.82, 2.24) is 4.90 Å². The van der Waals surface area contributed by atoms with Crippen molar-refractivity contribution in [2.75, 3.05) is 13.7 Å². The van der Waals surface area contributed by atoms with Gasteiger partial charge in [0, 0.05) is 18.4 Å². The SMILES string of the molecule is COC(=O)[C@@H]1[C@@H]2[C@H](CN1C(=O)OC(C)(C)C)[C@H]1C[C@@H]2[C@H]2[C@@H]1C2(F)F. The first kappa shape index (κ1) is 16.1. The van der Waals surface area contributed by atoms with Crippen molar-refractivity contribution in [3.8, 4) is 0 Å². The highest BCUT2D eigenvalue weighted by molar-refractivity contribution is 5.83. The van der Waals surface area contributed by atoms with Crippen LogP contribution in [-0.4, -0.2) is 48.2 Å². The summed E-state index contributed by atoms with van der Waals surface area (Å²) in [5, 5.41) is 0. The summed E-state index contributed by atoms with van der Waals surface area (Å²) in [5.74, 6) is -4.87. The summed E-state index contributed by atoms with van der Waals surface area (Å²) in [5.41, 5.74) is -0.677. The molecule has 0 aromatic carbocycles. The van der Waals surface area contributed by atoms with Crippen LogP contribution >= 0.6 is 0 Å². The molecule has 4 aliphatic rings. The van der Waals surface area contributed by atoms with Crippen LogP contribution in [0.4, 0.5) is 13.6 Å². The number of halogens is 2. The van der Waals surface area contributed by atoms with E-state index in [-0.39, 0.29) is 23.7 Å². The Hall–Kier alpha value is -1.40. The van der Waals surface area contributed by atoms with Crippen LogP contribution in [0, 0.1) is 35.5 Å². The molecule has 3 saturated carbocycles. The van der Waals surface area contributed by atoms with Gasteiger partial charge in [-0.1, -0.05) is 0 Å². The predicted octanol–water partition coefficient (Wildman–Crippen LogP) is 2.54. The van der Waals surface area contributed by atoms with Crippen molar-refractivity contribution in [1.29, 1.82) is 0 Å². The normalized spacial score (nSPS) is 44.1. The number of hydrogen-bond acceptors (Lipinski definition) is 4. The average Bonchev–Trinajstić information content (AvgIpc) is 2.90. The molecule has 0 radical (unpaired) electrons. The lowest BCUT2D eigenvalue weighted by molar-refractivity contribution is -0.148. The number of methoxy groups -OCH3 is 1. The molecule has 0 N–H and O–H groups in total. The topological polar surface area (TPSA) is 55.8 Å². The van der Waals surface area contributed by atoms with Crippen LogP contribution < -0.4 is 0 Å². The van der Waals surface area contributed by atoms with Gasteiger partial charge >= 0.3 is 12.1 Å². The van der Waals surface area contributed by atoms with Gasteiger partial charge in [0.1, 0.15) is 11.6 Å². The van der Waals surface area contributed by atoms with Gasteiger partial charge in [-0.15, -0.1) is 0 Å². The maximum absolute atomic E-state index is 14.0. The minimum absolute atomic E-state index is 0.0544. The summed E-state index contributed by atoms with van der Waals surface area (Å²) in [7, 11) is 1.27. The van der Waals surface area contributed by atoms with E-state index in [2.05, 4.69) is 0 Å². The summed E-state index contributed by atoms with van der Waals surface area (Å²) in [6.45, 7) is 5.58. The number of hydrogen-bond donors (Lipinski definition) is 0. The van der Waals surface area contributed by atoms with E-state index in [1.54, 1.807) is 20.8 Å². The van der Waals surface area contributed by atoms with Crippen LogP contribution in [0.5, 0.6) is 0 Å². The third-order valence-corrected chi connectivity index (χ3v) is 6.35. The Bertz CT molecular complexity index is 602. The summed E-state index contributed by atoms with van der Waals surface area (Å²) in [6, 6.07) is -0.804. The van der Waals surface area contributed by atoms with E-state index >= 15 is 0 Å². The number of carbonyl (C=O) groups excluding carboxylic acids is 2. The second-order valence-electron chi connectivity index (χ2n) is 8.63. The Balaban J connectivity index is 1.61. The number of amides is 1. The third-order valence-electron chi connectivity index (χ3n) is 6.35. The van der Waals surface area contributed by atoms with E-state index in [0.29, 0.717) is 6.54 Å². The Labute approximate surface area is 139 Å². The Morgan fingerprint density at radius 2 is 1.75 bits per heavy atom. The molecule has 134 valence electrons. The zero-order valence-corrected chi connectivity index (χ0v) is 14.3. The van der Waals surface area contributed by atoms with Gasteiger partial charge in [0.2, 0.25) is 0 Å². The van der Waals surface area contributed by atoms with Gasteiger partial charge in [-0.3, -0.25) is 4.90 Å². The second kappa shape index (κ2) is 4.61. The van der Waals surface area contributed by atoms with Gasteiger partial charge in [0.25, 0.3) is 5.92 Å². The first-order chi connectivity index (χ1) is 11.1. The van der Waals surface area contributed by atoms with Crippen molar-refractivity contribution in [2.45, 2.75) is 44.8 Å². The van der Waals surface area contributed by atoms with Gasteiger partial charge in [-0.25, -0.2) is 18.4 Å². The lowest BCUT2D eigenvalue weighted by Gasteiger charge is -2.30. The molecule has 1 heterocycles. The maximum Gasteiger partial charge on any atom is 0.411 e. The van der Waals surface area contributed by atoms with Crippen LogP contribution in [-0.2, 0) is 14.3 Å². The number of alkyl halides is 2. The van der Waals surface area contributed by atoms with Gasteiger partial charge < -0.3 is 9.47 Å². The number of esters is 1. The molecule has 0 aromatic heterocycles. The molecular formula is C17H23F2NO4. The van der Waals surface area contributed by atoms with Crippen LogP contribution in [0.15, 0.2) is 0 Å². The molecule has 3 aliphatic carbocycles. The quantitative estimate of drug-likeness (QED) is 0.687. The van der Waals surface area contributed by atoms with E-state index in [4.69, 9.17) is 9.47 Å². The van der Waals surface area contributed by atoms with Gasteiger partial charge in [-0.2, -0.15) is 0 Å². The van der Waals surface area contributed by atoms with Gasteiger partial charge in [0.05, 0.1) is 7.11 Å². The molecule has 4 rings (SSSR count). The van der Waals surface area contributed by atoms with E-state index in [1.807, 2.05) is 0 Å². The van der Waals surface area contributed by atoms with Gasteiger partial charge in [-0.05, 0) is 50.9 Å². The highest BCUT2D eigenvalue weighted by atomic mass is 19.3. The maximum atomic E-state index is 14.0. The lowest BCUT2D eigenvalue weighted by Crippen LogP contribution is -2.47. The highest BCUT2D eigenvalue weighted by Gasteiger charge is 2.83. The predicted molar refractivity (Wildman–Crippen MR) is 79.2 cm³/mol. The van der Waals surface area contributed by atoms with Crippen LogP contribution in [0.3, 0.4) is 0 Å². The Kier molecular flexibility index (Phi) is 3.09. The fourth-order valence-corrected chi connectivity index (χ4v) is 5.71. The summed E-state index contributed by atoms with van der Waals surface area (Å²) < 4.78 is 38.2. The summed E-state index contributed by atoms with van der Waals surface area (Å²) >= 11 is 0. The zero-order valence-electron chi connectivity index (χ0n) is 14.3. The molecule has 5 nitrogen and oxygen atoms in total. The molecule has 1 aliphatic heterocycles. The van der Waals surface area contributed by atoms with Gasteiger partial charge in [0.15, 0.2) is 0 Å². The standard InChI is InChI=1S/C17H23F2NO4/c1-16(2,3)24-15(22)20-6-9-7-5-8(12-11(7)17(12,18)19)10(9)13(20)14(21)23-4/h7-13H,5-6H2,1-4H3/t7-,8+,9-,10+,11-,12+,13+/m1/s1. The van der Waals surface area contributed by atoms with Crippen LogP contribution in [0.1, 0.15) is 27.2 Å². The molecular weight excluding hydrogens is 320 g/mol. The van der Waals surface area contributed by atoms with Crippen LogP contribution in [0.25, 0.3) is 0 Å². The Morgan fingerprint density at radius 1 is 1.12 bits per heavy atom. The minimum atomic E-state index is -2.59. The average molecular weight is 343 g/mol. The second-order valence-corrected chi connectivity index (χ2v) is 8.63. The summed E-state index contributed by atoms with van der Waals surface area (Å²) in [6.07, 6.45) is 0.183. The van der Waals surface area contributed by atoms with E-state index < -0.39 is 41.5 Å². The lowest BCUT2D eigenvalue weighted by atomic mass is 9.78. The molecule has 7 heteroatoms. The van der Waals surface area contributed by atoms with Crippen molar-refractivity contribution < 1.29 is 27.8 Å². The fourth-order valence-electron chi connectivity index (χ4n) is 5.71. The van der Waals surface area contributed by atoms with E-state index in [0.717, 1.165) is 6.42 Å². The molecule has 0 aromatic rings. The van der Waals surface area contributed by atoms with E-state index in [1.165, 1.54) is 12.0 Å². The van der Waals surface area contributed by atoms with Crippen LogP contribution in [0.2, 0.25) is 0 Å². The number of nitrogens with zero attached hydrogens (tertiary/aromatic N) is 1. The highest BCUT2D eigenvalue weighted by Crippen LogP contribution is 2.78. The number of rotatable bonds is 1. The number of ether oxygens (including phenoxy) is 2. The number of likely N-dealkylation sites (tertiary alicyclic amines) is 1. The third kappa shape index (κ3) is 1.96. The molecule has 4 fully saturated rings. The van der Waals surface area contributed by atoms with Crippen molar-refractivity contribution >= 4 is 12.1 Å². The molecule has 2 bridgehead atoms. The zero-order chi connectivity index (χ0) is 17.6. The summed E-state index contributed by atoms with van der Waals surface area (Å²) in [4.78, 5) is 26.3. The molecule has 1 saturated heterocycles.